The molecule has 2 aliphatic carbocycles. The molecule has 2 rings (SSSR count). The number of hydrogen-bond acceptors (Lipinski definition) is 5. The summed E-state index contributed by atoms with van der Waals surface area (Å²) >= 11 is 0. The van der Waals surface area contributed by atoms with Gasteiger partial charge in [-0.2, -0.15) is 8.42 Å². The molecule has 0 heterocycles. The molecule has 0 aromatic rings. The average molecular weight is 308 g/mol. The van der Waals surface area contributed by atoms with Gasteiger partial charge in [0.2, 0.25) is 0 Å². The third-order valence-corrected chi connectivity index (χ3v) is 4.40. The fraction of sp³-hybridized carbons (Fsp3) is 0.923. The molecule has 6 nitrogen and oxygen atoms in total. The molecule has 0 unspecified atom stereocenters. The number of carboxylic acids is 1. The molecule has 0 amide bonds. The maximum atomic E-state index is 10.6. The molecule has 0 aromatic carbocycles. The second-order valence-corrected chi connectivity index (χ2v) is 7.63. The Labute approximate surface area is 120 Å². The summed E-state index contributed by atoms with van der Waals surface area (Å²) in [7, 11) is -3.38. The number of aliphatic hydroxyl groups is 1. The molecule has 2 fully saturated rings. The van der Waals surface area contributed by atoms with Crippen molar-refractivity contribution in [3.05, 3.63) is 0 Å². The van der Waals surface area contributed by atoms with Crippen molar-refractivity contribution >= 4 is 16.1 Å². The summed E-state index contributed by atoms with van der Waals surface area (Å²) in [6, 6.07) is 0. The minimum atomic E-state index is -3.38. The summed E-state index contributed by atoms with van der Waals surface area (Å²) in [5.74, 6) is 0.492. The third kappa shape index (κ3) is 6.19. The van der Waals surface area contributed by atoms with E-state index in [1.165, 1.54) is 12.8 Å². The van der Waals surface area contributed by atoms with Crippen LogP contribution in [0.25, 0.3) is 0 Å². The van der Waals surface area contributed by atoms with E-state index in [0.717, 1.165) is 12.2 Å². The van der Waals surface area contributed by atoms with Crippen molar-refractivity contribution in [3.8, 4) is 0 Å². The van der Waals surface area contributed by atoms with E-state index in [2.05, 4.69) is 11.1 Å². The van der Waals surface area contributed by atoms with Gasteiger partial charge in [0, 0.05) is 6.61 Å². The van der Waals surface area contributed by atoms with Crippen molar-refractivity contribution in [2.45, 2.75) is 32.6 Å². The van der Waals surface area contributed by atoms with Crippen molar-refractivity contribution < 1.29 is 27.6 Å². The van der Waals surface area contributed by atoms with Crippen LogP contribution in [-0.2, 0) is 19.1 Å². The van der Waals surface area contributed by atoms with Crippen molar-refractivity contribution in [1.29, 1.82) is 0 Å². The van der Waals surface area contributed by atoms with Crippen LogP contribution in [0.4, 0.5) is 0 Å². The van der Waals surface area contributed by atoms with E-state index in [0.29, 0.717) is 25.4 Å². The zero-order valence-corrected chi connectivity index (χ0v) is 12.8. The number of carbonyl (C=O) groups is 1. The van der Waals surface area contributed by atoms with Crippen LogP contribution in [0.5, 0.6) is 0 Å². The second-order valence-electron chi connectivity index (χ2n) is 5.99. The molecule has 2 N–H and O–H groups in total. The highest BCUT2D eigenvalue weighted by Gasteiger charge is 2.34. The molecule has 0 radical (unpaired) electrons. The van der Waals surface area contributed by atoms with Crippen LogP contribution in [0.1, 0.15) is 32.6 Å². The van der Waals surface area contributed by atoms with Crippen molar-refractivity contribution in [2.75, 3.05) is 19.5 Å². The fourth-order valence-corrected chi connectivity index (χ4v) is 2.95. The zero-order valence-electron chi connectivity index (χ0n) is 12.0. The Morgan fingerprint density at radius 3 is 2.05 bits per heavy atom. The zero-order chi connectivity index (χ0) is 15.3. The lowest BCUT2D eigenvalue weighted by molar-refractivity contribution is -0.146. The average Bonchev–Trinajstić information content (AvgIpc) is 2.21. The molecule has 0 spiro atoms. The third-order valence-electron chi connectivity index (χ3n) is 3.83. The first-order valence-corrected chi connectivity index (χ1v) is 8.71. The summed E-state index contributed by atoms with van der Waals surface area (Å²) in [6.07, 6.45) is 4.52. The largest absolute Gasteiger partial charge is 0.481 e. The van der Waals surface area contributed by atoms with E-state index in [9.17, 15) is 13.2 Å². The van der Waals surface area contributed by atoms with Crippen molar-refractivity contribution in [1.82, 2.24) is 0 Å². The Kier molecular flexibility index (Phi) is 6.42. The summed E-state index contributed by atoms with van der Waals surface area (Å²) < 4.78 is 25.6. The lowest BCUT2D eigenvalue weighted by Gasteiger charge is -2.31. The molecule has 0 bridgehead atoms. The lowest BCUT2D eigenvalue weighted by Crippen LogP contribution is -2.33. The number of aliphatic hydroxyl groups excluding tert-OH is 1. The molecule has 2 aliphatic rings. The van der Waals surface area contributed by atoms with E-state index in [4.69, 9.17) is 10.2 Å². The molecular weight excluding hydrogens is 284 g/mol. The monoisotopic (exact) mass is 308 g/mol. The fourth-order valence-electron chi connectivity index (χ4n) is 2.51. The van der Waals surface area contributed by atoms with Gasteiger partial charge in [0.25, 0.3) is 10.1 Å². The van der Waals surface area contributed by atoms with Gasteiger partial charge in [0.15, 0.2) is 0 Å². The predicted octanol–water partition coefficient (Wildman–Crippen LogP) is 1.10. The Hall–Kier alpha value is -0.660. The summed E-state index contributed by atoms with van der Waals surface area (Å²) in [4.78, 5) is 10.4. The predicted molar refractivity (Wildman–Crippen MR) is 73.6 cm³/mol. The van der Waals surface area contributed by atoms with Gasteiger partial charge in [0.05, 0.1) is 18.8 Å². The second kappa shape index (κ2) is 7.38. The van der Waals surface area contributed by atoms with Crippen LogP contribution in [0.15, 0.2) is 0 Å². The van der Waals surface area contributed by atoms with Crippen LogP contribution < -0.4 is 0 Å². The van der Waals surface area contributed by atoms with Crippen LogP contribution in [0.2, 0.25) is 0 Å². The van der Waals surface area contributed by atoms with Gasteiger partial charge in [0.1, 0.15) is 0 Å². The molecule has 0 saturated heterocycles. The van der Waals surface area contributed by atoms with Gasteiger partial charge in [-0.1, -0.05) is 6.92 Å². The highest BCUT2D eigenvalue weighted by Crippen LogP contribution is 2.34. The van der Waals surface area contributed by atoms with Gasteiger partial charge in [-0.05, 0) is 43.4 Å². The van der Waals surface area contributed by atoms with Crippen molar-refractivity contribution in [2.24, 2.45) is 23.7 Å². The number of aliphatic carboxylic acids is 1. The number of hydrogen-bond donors (Lipinski definition) is 2. The van der Waals surface area contributed by atoms with Gasteiger partial charge < -0.3 is 10.2 Å². The van der Waals surface area contributed by atoms with Crippen LogP contribution in [-0.4, -0.2) is 44.1 Å². The Bertz CT molecular complexity index is 407. The molecule has 0 atom stereocenters. The smallest absolute Gasteiger partial charge is 0.306 e. The Balaban J connectivity index is 0.000000240. The molecule has 118 valence electrons. The maximum Gasteiger partial charge on any atom is 0.306 e. The van der Waals surface area contributed by atoms with E-state index < -0.39 is 16.1 Å². The number of rotatable bonds is 5. The SMILES string of the molecule is CC1CC(CO)C1.CS(=O)(=O)OCC1CC(C(=O)O)C1. The molecule has 0 aliphatic heterocycles. The van der Waals surface area contributed by atoms with E-state index in [1.807, 2.05) is 0 Å². The Morgan fingerprint density at radius 2 is 1.75 bits per heavy atom. The summed E-state index contributed by atoms with van der Waals surface area (Å²) in [5, 5.41) is 17.0. The highest BCUT2D eigenvalue weighted by atomic mass is 32.2. The first-order chi connectivity index (χ1) is 9.21. The van der Waals surface area contributed by atoms with Crippen LogP contribution in [0, 0.1) is 23.7 Å². The molecule has 0 aromatic heterocycles. The van der Waals surface area contributed by atoms with E-state index in [-0.39, 0.29) is 18.4 Å². The minimum absolute atomic E-state index is 0.0795. The minimum Gasteiger partial charge on any atom is -0.481 e. The lowest BCUT2D eigenvalue weighted by atomic mass is 9.75. The number of carboxylic acid groups (broad SMARTS) is 1. The summed E-state index contributed by atoms with van der Waals surface area (Å²) in [5.41, 5.74) is 0. The molecule has 7 heteroatoms. The standard InChI is InChI=1S/C7H12O5S.C6H12O/c1-13(10,11)12-4-5-2-6(3-5)7(8)9;1-5-2-6(3-5)4-7/h5-6H,2-4H2,1H3,(H,8,9);5-7H,2-4H2,1H3. The quantitative estimate of drug-likeness (QED) is 0.738. The molecule has 2 saturated carbocycles. The van der Waals surface area contributed by atoms with E-state index in [1.54, 1.807) is 0 Å². The molecular formula is C13H24O6S. The topological polar surface area (TPSA) is 101 Å². The Morgan fingerprint density at radius 1 is 1.20 bits per heavy atom. The van der Waals surface area contributed by atoms with Crippen LogP contribution >= 0.6 is 0 Å². The van der Waals surface area contributed by atoms with Gasteiger partial charge in [-0.3, -0.25) is 8.98 Å². The maximum absolute atomic E-state index is 10.6. The summed E-state index contributed by atoms with van der Waals surface area (Å²) in [6.45, 7) is 2.75. The first-order valence-electron chi connectivity index (χ1n) is 6.89. The molecule has 20 heavy (non-hydrogen) atoms. The van der Waals surface area contributed by atoms with Gasteiger partial charge >= 0.3 is 5.97 Å². The van der Waals surface area contributed by atoms with Crippen LogP contribution in [0.3, 0.4) is 0 Å². The van der Waals surface area contributed by atoms with Crippen molar-refractivity contribution in [3.63, 3.8) is 0 Å². The van der Waals surface area contributed by atoms with Gasteiger partial charge in [-0.25, -0.2) is 0 Å². The highest BCUT2D eigenvalue weighted by molar-refractivity contribution is 7.85. The van der Waals surface area contributed by atoms with Gasteiger partial charge in [-0.15, -0.1) is 0 Å². The first kappa shape index (κ1) is 17.4. The van der Waals surface area contributed by atoms with E-state index >= 15 is 0 Å². The normalized spacial score (nSPS) is 32.4.